The van der Waals surface area contributed by atoms with E-state index >= 15 is 0 Å². The second-order valence-corrected chi connectivity index (χ2v) is 5.56. The average Bonchev–Trinajstić information content (AvgIpc) is 2.98. The number of aryl methyl sites for hydroxylation is 1. The number of hydrogen-bond donors (Lipinski definition) is 2. The summed E-state index contributed by atoms with van der Waals surface area (Å²) in [7, 11) is 0. The summed E-state index contributed by atoms with van der Waals surface area (Å²) in [6, 6.07) is 8.05. The Bertz CT molecular complexity index is 452. The number of hydrogen-bond acceptors (Lipinski definition) is 3. The fraction of sp³-hybridized carbons (Fsp3) is 0.562. The van der Waals surface area contributed by atoms with E-state index in [9.17, 15) is 4.79 Å². The van der Waals surface area contributed by atoms with E-state index in [4.69, 9.17) is 10.5 Å². The van der Waals surface area contributed by atoms with Crippen molar-refractivity contribution in [2.75, 3.05) is 13.2 Å². The Morgan fingerprint density at radius 2 is 2.15 bits per heavy atom. The van der Waals surface area contributed by atoms with Gasteiger partial charge < -0.3 is 10.5 Å². The molecule has 1 heterocycles. The fourth-order valence-corrected chi connectivity index (χ4v) is 2.53. The molecule has 0 spiro atoms. The third kappa shape index (κ3) is 3.19. The Hall–Kier alpha value is -1.39. The molecule has 4 nitrogen and oxygen atoms in total. The highest BCUT2D eigenvalue weighted by Gasteiger charge is 2.33. The maximum absolute atomic E-state index is 11.9. The molecule has 1 aromatic rings. The number of amides is 1. The van der Waals surface area contributed by atoms with Gasteiger partial charge in [-0.05, 0) is 37.3 Å². The van der Waals surface area contributed by atoms with E-state index in [1.165, 1.54) is 5.56 Å². The van der Waals surface area contributed by atoms with Gasteiger partial charge in [-0.25, -0.2) is 0 Å². The van der Waals surface area contributed by atoms with Crippen LogP contribution in [0.3, 0.4) is 0 Å². The smallest absolute Gasteiger partial charge is 0.242 e. The summed E-state index contributed by atoms with van der Waals surface area (Å²) in [5.74, 6) is -0.361. The number of rotatable bonds is 6. The van der Waals surface area contributed by atoms with E-state index in [0.717, 1.165) is 31.4 Å². The molecule has 0 saturated carbocycles. The van der Waals surface area contributed by atoms with Crippen LogP contribution in [0.25, 0.3) is 0 Å². The molecule has 4 heteroatoms. The standard InChI is InChI=1S/C16H24N2O2/c1-3-12-6-8-13(9-7-12)16(2,15(17)19)18-11-14-5-4-10-20-14/h6-9,14,18H,3-5,10-11H2,1-2H3,(H2,17,19). The average molecular weight is 276 g/mol. The molecule has 110 valence electrons. The molecule has 2 rings (SSSR count). The lowest BCUT2D eigenvalue weighted by atomic mass is 9.90. The Kier molecular flexibility index (Phi) is 4.78. The molecular weight excluding hydrogens is 252 g/mol. The summed E-state index contributed by atoms with van der Waals surface area (Å²) in [6.45, 7) is 5.41. The molecule has 0 aliphatic carbocycles. The van der Waals surface area contributed by atoms with Gasteiger partial charge in [-0.3, -0.25) is 10.1 Å². The molecule has 1 aliphatic rings. The van der Waals surface area contributed by atoms with Crippen LogP contribution in [-0.2, 0) is 21.5 Å². The number of carbonyl (C=O) groups is 1. The SMILES string of the molecule is CCc1ccc(C(C)(NCC2CCCO2)C(N)=O)cc1. The number of ether oxygens (including phenoxy) is 1. The van der Waals surface area contributed by atoms with Crippen LogP contribution in [0.4, 0.5) is 0 Å². The van der Waals surface area contributed by atoms with Gasteiger partial charge in [0, 0.05) is 13.2 Å². The topological polar surface area (TPSA) is 64.3 Å². The van der Waals surface area contributed by atoms with Gasteiger partial charge in [0.2, 0.25) is 5.91 Å². The Morgan fingerprint density at radius 3 is 2.65 bits per heavy atom. The summed E-state index contributed by atoms with van der Waals surface area (Å²) in [5, 5.41) is 3.29. The van der Waals surface area contributed by atoms with Crippen molar-refractivity contribution in [3.05, 3.63) is 35.4 Å². The molecular formula is C16H24N2O2. The van der Waals surface area contributed by atoms with E-state index in [-0.39, 0.29) is 12.0 Å². The highest BCUT2D eigenvalue weighted by molar-refractivity contribution is 5.85. The van der Waals surface area contributed by atoms with Gasteiger partial charge in [-0.1, -0.05) is 31.2 Å². The lowest BCUT2D eigenvalue weighted by Gasteiger charge is -2.29. The second kappa shape index (κ2) is 6.37. The predicted molar refractivity (Wildman–Crippen MR) is 79.3 cm³/mol. The summed E-state index contributed by atoms with van der Waals surface area (Å²) in [4.78, 5) is 11.9. The second-order valence-electron chi connectivity index (χ2n) is 5.56. The molecule has 3 N–H and O–H groups in total. The monoisotopic (exact) mass is 276 g/mol. The molecule has 1 fully saturated rings. The lowest BCUT2D eigenvalue weighted by molar-refractivity contribution is -0.124. The normalized spacial score (nSPS) is 21.6. The number of benzene rings is 1. The van der Waals surface area contributed by atoms with Crippen LogP contribution >= 0.6 is 0 Å². The predicted octanol–water partition coefficient (Wildman–Crippen LogP) is 1.72. The van der Waals surface area contributed by atoms with E-state index < -0.39 is 5.54 Å². The van der Waals surface area contributed by atoms with E-state index in [2.05, 4.69) is 12.2 Å². The van der Waals surface area contributed by atoms with E-state index in [1.54, 1.807) is 0 Å². The quantitative estimate of drug-likeness (QED) is 0.831. The molecule has 0 radical (unpaired) electrons. The van der Waals surface area contributed by atoms with Crippen molar-refractivity contribution >= 4 is 5.91 Å². The zero-order chi connectivity index (χ0) is 14.6. The number of nitrogens with one attached hydrogen (secondary N) is 1. The first-order valence-corrected chi connectivity index (χ1v) is 7.32. The summed E-state index contributed by atoms with van der Waals surface area (Å²) in [6.07, 6.45) is 3.29. The number of nitrogens with two attached hydrogens (primary N) is 1. The Morgan fingerprint density at radius 1 is 1.45 bits per heavy atom. The molecule has 2 atom stereocenters. The highest BCUT2D eigenvalue weighted by Crippen LogP contribution is 2.22. The van der Waals surface area contributed by atoms with Crippen LogP contribution in [0.2, 0.25) is 0 Å². The first kappa shape index (κ1) is 15.0. The minimum atomic E-state index is -0.849. The maximum Gasteiger partial charge on any atom is 0.242 e. The van der Waals surface area contributed by atoms with Crippen LogP contribution in [0.1, 0.15) is 37.8 Å². The van der Waals surface area contributed by atoms with Crippen LogP contribution in [0.15, 0.2) is 24.3 Å². The molecule has 1 saturated heterocycles. The van der Waals surface area contributed by atoms with Gasteiger partial charge >= 0.3 is 0 Å². The molecule has 1 aliphatic heterocycles. The maximum atomic E-state index is 11.9. The third-order valence-corrected chi connectivity index (χ3v) is 4.14. The molecule has 1 amide bonds. The van der Waals surface area contributed by atoms with Crippen LogP contribution in [0, 0.1) is 0 Å². The first-order valence-electron chi connectivity index (χ1n) is 7.32. The molecule has 0 aromatic heterocycles. The minimum absolute atomic E-state index is 0.184. The van der Waals surface area contributed by atoms with Crippen molar-refractivity contribution in [1.29, 1.82) is 0 Å². The lowest BCUT2D eigenvalue weighted by Crippen LogP contribution is -2.52. The third-order valence-electron chi connectivity index (χ3n) is 4.14. The summed E-state index contributed by atoms with van der Waals surface area (Å²) < 4.78 is 5.59. The molecule has 1 aromatic carbocycles. The zero-order valence-corrected chi connectivity index (χ0v) is 12.3. The minimum Gasteiger partial charge on any atom is -0.377 e. The van der Waals surface area contributed by atoms with Crippen molar-refractivity contribution in [1.82, 2.24) is 5.32 Å². The van der Waals surface area contributed by atoms with E-state index in [0.29, 0.717) is 6.54 Å². The van der Waals surface area contributed by atoms with E-state index in [1.807, 2.05) is 31.2 Å². The molecule has 0 bridgehead atoms. The number of primary amides is 1. The molecule has 20 heavy (non-hydrogen) atoms. The summed E-state index contributed by atoms with van der Waals surface area (Å²) >= 11 is 0. The van der Waals surface area contributed by atoms with Crippen molar-refractivity contribution in [3.63, 3.8) is 0 Å². The Balaban J connectivity index is 2.12. The highest BCUT2D eigenvalue weighted by atomic mass is 16.5. The van der Waals surface area contributed by atoms with Gasteiger partial charge in [-0.2, -0.15) is 0 Å². The number of carbonyl (C=O) groups excluding carboxylic acids is 1. The van der Waals surface area contributed by atoms with Crippen LogP contribution in [0.5, 0.6) is 0 Å². The van der Waals surface area contributed by atoms with Gasteiger partial charge in [0.15, 0.2) is 0 Å². The van der Waals surface area contributed by atoms with Gasteiger partial charge in [-0.15, -0.1) is 0 Å². The van der Waals surface area contributed by atoms with Crippen molar-refractivity contribution in [3.8, 4) is 0 Å². The van der Waals surface area contributed by atoms with Gasteiger partial charge in [0.05, 0.1) is 6.10 Å². The van der Waals surface area contributed by atoms with Gasteiger partial charge in [0.25, 0.3) is 0 Å². The van der Waals surface area contributed by atoms with Crippen molar-refractivity contribution in [2.45, 2.75) is 44.8 Å². The van der Waals surface area contributed by atoms with Crippen molar-refractivity contribution in [2.24, 2.45) is 5.73 Å². The largest absolute Gasteiger partial charge is 0.377 e. The van der Waals surface area contributed by atoms with Gasteiger partial charge in [0.1, 0.15) is 5.54 Å². The first-order chi connectivity index (χ1) is 9.56. The van der Waals surface area contributed by atoms with Crippen molar-refractivity contribution < 1.29 is 9.53 Å². The van der Waals surface area contributed by atoms with Crippen LogP contribution in [-0.4, -0.2) is 25.2 Å². The summed E-state index contributed by atoms with van der Waals surface area (Å²) in [5.41, 5.74) is 6.92. The van der Waals surface area contributed by atoms with Crippen LogP contribution < -0.4 is 11.1 Å². The Labute approximate surface area is 120 Å². The zero-order valence-electron chi connectivity index (χ0n) is 12.3. The fourth-order valence-electron chi connectivity index (χ4n) is 2.53. The molecule has 2 unspecified atom stereocenters.